The summed E-state index contributed by atoms with van der Waals surface area (Å²) in [6.45, 7) is 5.25. The maximum Gasteiger partial charge on any atom is 0.127 e. The first-order chi connectivity index (χ1) is 7.70. The third kappa shape index (κ3) is 2.43. The van der Waals surface area contributed by atoms with Gasteiger partial charge >= 0.3 is 0 Å². The molecule has 1 N–H and O–H groups in total. The Balaban J connectivity index is 2.19. The van der Waals surface area contributed by atoms with Gasteiger partial charge in [0.15, 0.2) is 0 Å². The normalized spacial score (nSPS) is 25.7. The van der Waals surface area contributed by atoms with Gasteiger partial charge in [-0.25, -0.2) is 4.39 Å². The number of hydrogen-bond acceptors (Lipinski definition) is 1. The summed E-state index contributed by atoms with van der Waals surface area (Å²) in [6.07, 6.45) is 3.49. The highest BCUT2D eigenvalue weighted by atomic mass is 19.1. The summed E-state index contributed by atoms with van der Waals surface area (Å²) in [6, 6.07) is 5.60. The molecule has 2 unspecified atom stereocenters. The molecule has 1 aliphatic heterocycles. The number of nitrogens with one attached hydrogen (secondary N) is 1. The van der Waals surface area contributed by atoms with Gasteiger partial charge < -0.3 is 5.32 Å². The van der Waals surface area contributed by atoms with Gasteiger partial charge in [-0.3, -0.25) is 0 Å². The van der Waals surface area contributed by atoms with E-state index in [2.05, 4.69) is 12.2 Å². The fourth-order valence-corrected chi connectivity index (χ4v) is 2.53. The first-order valence-electron chi connectivity index (χ1n) is 6.20. The molecule has 2 rings (SSSR count). The third-order valence-electron chi connectivity index (χ3n) is 3.62. The lowest BCUT2D eigenvalue weighted by Gasteiger charge is -2.30. The van der Waals surface area contributed by atoms with Crippen molar-refractivity contribution in [2.45, 2.75) is 39.2 Å². The molecule has 1 heterocycles. The Kier molecular flexibility index (Phi) is 3.59. The Hall–Kier alpha value is -0.890. The van der Waals surface area contributed by atoms with E-state index in [0.717, 1.165) is 30.0 Å². The number of rotatable bonds is 2. The fourth-order valence-electron chi connectivity index (χ4n) is 2.53. The van der Waals surface area contributed by atoms with Crippen LogP contribution >= 0.6 is 0 Å². The molecule has 1 aromatic carbocycles. The third-order valence-corrected chi connectivity index (χ3v) is 3.62. The van der Waals surface area contributed by atoms with Gasteiger partial charge in [0, 0.05) is 11.6 Å². The fraction of sp³-hybridized carbons (Fsp3) is 0.571. The molecular formula is C14H20FN. The van der Waals surface area contributed by atoms with Crippen molar-refractivity contribution < 1.29 is 4.39 Å². The van der Waals surface area contributed by atoms with E-state index in [1.165, 1.54) is 12.8 Å². The summed E-state index contributed by atoms with van der Waals surface area (Å²) in [5, 5.41) is 3.43. The lowest BCUT2D eigenvalue weighted by molar-refractivity contribution is 0.294. The highest BCUT2D eigenvalue weighted by molar-refractivity contribution is 5.27. The second-order valence-corrected chi connectivity index (χ2v) is 4.83. The average molecular weight is 221 g/mol. The smallest absolute Gasteiger partial charge is 0.127 e. The van der Waals surface area contributed by atoms with Crippen molar-refractivity contribution in [3.05, 3.63) is 35.1 Å². The summed E-state index contributed by atoms with van der Waals surface area (Å²) in [4.78, 5) is 0. The largest absolute Gasteiger partial charge is 0.310 e. The monoisotopic (exact) mass is 221 g/mol. The van der Waals surface area contributed by atoms with Crippen molar-refractivity contribution in [3.63, 3.8) is 0 Å². The van der Waals surface area contributed by atoms with E-state index in [1.807, 2.05) is 19.1 Å². The molecule has 0 aromatic heterocycles. The van der Waals surface area contributed by atoms with Crippen LogP contribution in [-0.2, 0) is 0 Å². The topological polar surface area (TPSA) is 12.0 Å². The van der Waals surface area contributed by atoms with Crippen LogP contribution in [0, 0.1) is 18.7 Å². The minimum Gasteiger partial charge on any atom is -0.310 e. The molecule has 0 saturated carbocycles. The van der Waals surface area contributed by atoms with Crippen molar-refractivity contribution in [3.8, 4) is 0 Å². The molecule has 1 aliphatic rings. The maximum absolute atomic E-state index is 13.7. The molecule has 1 fully saturated rings. The highest BCUT2D eigenvalue weighted by Crippen LogP contribution is 2.30. The molecule has 1 aromatic rings. The lowest BCUT2D eigenvalue weighted by atomic mass is 9.86. The van der Waals surface area contributed by atoms with Crippen molar-refractivity contribution >= 4 is 0 Å². The van der Waals surface area contributed by atoms with Gasteiger partial charge in [0.05, 0.1) is 0 Å². The molecular weight excluding hydrogens is 201 g/mol. The van der Waals surface area contributed by atoms with Gasteiger partial charge in [0.1, 0.15) is 5.82 Å². The Labute approximate surface area is 97.1 Å². The van der Waals surface area contributed by atoms with Crippen LogP contribution in [-0.4, -0.2) is 6.54 Å². The predicted octanol–water partition coefficient (Wildman–Crippen LogP) is 3.58. The molecule has 88 valence electrons. The standard InChI is InChI=1S/C14H20FN/c1-3-11-6-7-16-14(9-11)12-8-10(2)4-5-13(12)15/h4-5,8,11,14,16H,3,6-7,9H2,1-2H3. The van der Waals surface area contributed by atoms with Crippen LogP contribution in [0.3, 0.4) is 0 Å². The molecule has 16 heavy (non-hydrogen) atoms. The van der Waals surface area contributed by atoms with Gasteiger partial charge in [-0.2, -0.15) is 0 Å². The second kappa shape index (κ2) is 4.96. The second-order valence-electron chi connectivity index (χ2n) is 4.83. The molecule has 1 nitrogen and oxygen atoms in total. The number of benzene rings is 1. The predicted molar refractivity (Wildman–Crippen MR) is 64.9 cm³/mol. The van der Waals surface area contributed by atoms with Crippen LogP contribution in [0.4, 0.5) is 4.39 Å². The summed E-state index contributed by atoms with van der Waals surface area (Å²) in [5.74, 6) is 0.672. The Morgan fingerprint density at radius 2 is 2.25 bits per heavy atom. The Bertz CT molecular complexity index is 362. The van der Waals surface area contributed by atoms with E-state index in [0.29, 0.717) is 0 Å². The summed E-state index contributed by atoms with van der Waals surface area (Å²) in [5.41, 5.74) is 1.98. The van der Waals surface area contributed by atoms with Crippen LogP contribution in [0.25, 0.3) is 0 Å². The molecule has 0 amide bonds. The number of piperidine rings is 1. The zero-order valence-electron chi connectivity index (χ0n) is 10.1. The maximum atomic E-state index is 13.7. The van der Waals surface area contributed by atoms with E-state index in [-0.39, 0.29) is 11.9 Å². The molecule has 0 bridgehead atoms. The van der Waals surface area contributed by atoms with Crippen LogP contribution < -0.4 is 5.32 Å². The Morgan fingerprint density at radius 1 is 1.44 bits per heavy atom. The van der Waals surface area contributed by atoms with Gasteiger partial charge in [-0.05, 0) is 38.3 Å². The van der Waals surface area contributed by atoms with Gasteiger partial charge in [0.25, 0.3) is 0 Å². The molecule has 2 heteroatoms. The summed E-state index contributed by atoms with van der Waals surface area (Å²) < 4.78 is 13.7. The van der Waals surface area contributed by atoms with Crippen LogP contribution in [0.5, 0.6) is 0 Å². The van der Waals surface area contributed by atoms with E-state index in [4.69, 9.17) is 0 Å². The minimum atomic E-state index is -0.0696. The first kappa shape index (κ1) is 11.6. The van der Waals surface area contributed by atoms with Gasteiger partial charge in [-0.1, -0.05) is 31.0 Å². The zero-order chi connectivity index (χ0) is 11.5. The van der Waals surface area contributed by atoms with Crippen LogP contribution in [0.2, 0.25) is 0 Å². The molecule has 0 aliphatic carbocycles. The van der Waals surface area contributed by atoms with E-state index in [1.54, 1.807) is 6.07 Å². The highest BCUT2D eigenvalue weighted by Gasteiger charge is 2.23. The van der Waals surface area contributed by atoms with E-state index >= 15 is 0 Å². The van der Waals surface area contributed by atoms with Gasteiger partial charge in [0.2, 0.25) is 0 Å². The van der Waals surface area contributed by atoms with Crippen molar-refractivity contribution in [2.24, 2.45) is 5.92 Å². The number of halogens is 1. The summed E-state index contributed by atoms with van der Waals surface area (Å²) in [7, 11) is 0. The minimum absolute atomic E-state index is 0.0696. The van der Waals surface area contributed by atoms with E-state index in [9.17, 15) is 4.39 Å². The molecule has 1 saturated heterocycles. The van der Waals surface area contributed by atoms with E-state index < -0.39 is 0 Å². The van der Waals surface area contributed by atoms with Crippen molar-refractivity contribution in [1.82, 2.24) is 5.32 Å². The molecule has 0 spiro atoms. The van der Waals surface area contributed by atoms with Crippen LogP contribution in [0.1, 0.15) is 43.4 Å². The van der Waals surface area contributed by atoms with Gasteiger partial charge in [-0.15, -0.1) is 0 Å². The van der Waals surface area contributed by atoms with Crippen molar-refractivity contribution in [2.75, 3.05) is 6.54 Å². The van der Waals surface area contributed by atoms with Crippen LogP contribution in [0.15, 0.2) is 18.2 Å². The molecule has 2 atom stereocenters. The lowest BCUT2D eigenvalue weighted by Crippen LogP contribution is -2.32. The SMILES string of the molecule is CCC1CCNC(c2cc(C)ccc2F)C1. The molecule has 0 radical (unpaired) electrons. The number of aryl methyl sites for hydroxylation is 1. The van der Waals surface area contributed by atoms with Crippen molar-refractivity contribution in [1.29, 1.82) is 0 Å². The number of hydrogen-bond donors (Lipinski definition) is 1. The Morgan fingerprint density at radius 3 is 3.00 bits per heavy atom. The summed E-state index contributed by atoms with van der Waals surface area (Å²) >= 11 is 0. The average Bonchev–Trinajstić information content (AvgIpc) is 2.32. The zero-order valence-corrected chi connectivity index (χ0v) is 10.1. The quantitative estimate of drug-likeness (QED) is 0.804. The first-order valence-corrected chi connectivity index (χ1v) is 6.20.